The van der Waals surface area contributed by atoms with Gasteiger partial charge in [-0.1, -0.05) is 13.3 Å². The molecule has 0 bridgehead atoms. The first kappa shape index (κ1) is 14.3. The number of hydrogen-bond acceptors (Lipinski definition) is 5. The molecule has 15 heavy (non-hydrogen) atoms. The number of esters is 1. The lowest BCUT2D eigenvalue weighted by molar-refractivity contribution is -0.143. The first-order valence-corrected chi connectivity index (χ1v) is 6.14. The van der Waals surface area contributed by atoms with Gasteiger partial charge in [0.05, 0.1) is 19.6 Å². The SMILES string of the molecule is CCCCOC(=O)CCSC(=O)OCC. The second-order valence-corrected chi connectivity index (χ2v) is 3.89. The van der Waals surface area contributed by atoms with Crippen molar-refractivity contribution < 1.29 is 19.1 Å². The van der Waals surface area contributed by atoms with Crippen LogP contribution in [0.15, 0.2) is 0 Å². The third-order valence-electron chi connectivity index (χ3n) is 1.55. The molecule has 5 heteroatoms. The molecule has 0 unspecified atom stereocenters. The average Bonchev–Trinajstić information content (AvgIpc) is 2.18. The van der Waals surface area contributed by atoms with E-state index in [1.54, 1.807) is 6.92 Å². The predicted octanol–water partition coefficient (Wildman–Crippen LogP) is 2.61. The Labute approximate surface area is 94.7 Å². The van der Waals surface area contributed by atoms with Crippen LogP contribution in [0, 0.1) is 0 Å². The van der Waals surface area contributed by atoms with Crippen molar-refractivity contribution in [1.29, 1.82) is 0 Å². The highest BCUT2D eigenvalue weighted by molar-refractivity contribution is 8.13. The number of carbonyl (C=O) groups excluding carboxylic acids is 2. The molecule has 0 radical (unpaired) electrons. The summed E-state index contributed by atoms with van der Waals surface area (Å²) in [4.78, 5) is 21.9. The van der Waals surface area contributed by atoms with Gasteiger partial charge in [0.2, 0.25) is 0 Å². The van der Waals surface area contributed by atoms with Crippen LogP contribution in [0.1, 0.15) is 33.1 Å². The summed E-state index contributed by atoms with van der Waals surface area (Å²) in [5, 5.41) is -0.334. The molecular formula is C10H18O4S. The average molecular weight is 234 g/mol. The van der Waals surface area contributed by atoms with Gasteiger partial charge in [-0.05, 0) is 25.1 Å². The van der Waals surface area contributed by atoms with Crippen LogP contribution >= 0.6 is 11.8 Å². The third kappa shape index (κ3) is 9.59. The zero-order valence-corrected chi connectivity index (χ0v) is 10.1. The van der Waals surface area contributed by atoms with Crippen LogP contribution in [0.25, 0.3) is 0 Å². The minimum Gasteiger partial charge on any atom is -0.466 e. The van der Waals surface area contributed by atoms with Crippen molar-refractivity contribution in [3.63, 3.8) is 0 Å². The number of carbonyl (C=O) groups is 2. The fraction of sp³-hybridized carbons (Fsp3) is 0.800. The molecule has 0 aromatic heterocycles. The van der Waals surface area contributed by atoms with Gasteiger partial charge in [-0.15, -0.1) is 0 Å². The Hall–Kier alpha value is -0.710. The number of ether oxygens (including phenoxy) is 2. The largest absolute Gasteiger partial charge is 0.466 e. The molecular weight excluding hydrogens is 216 g/mol. The summed E-state index contributed by atoms with van der Waals surface area (Å²) in [6.45, 7) is 4.62. The zero-order valence-electron chi connectivity index (χ0n) is 9.28. The Bertz CT molecular complexity index is 194. The quantitative estimate of drug-likeness (QED) is 0.500. The van der Waals surface area contributed by atoms with E-state index < -0.39 is 0 Å². The summed E-state index contributed by atoms with van der Waals surface area (Å²) in [6.07, 6.45) is 2.15. The Morgan fingerprint density at radius 1 is 1.20 bits per heavy atom. The van der Waals surface area contributed by atoms with Gasteiger partial charge >= 0.3 is 11.3 Å². The van der Waals surface area contributed by atoms with E-state index in [0.717, 1.165) is 24.6 Å². The van der Waals surface area contributed by atoms with Crippen LogP contribution in [0.3, 0.4) is 0 Å². The molecule has 0 spiro atoms. The monoisotopic (exact) mass is 234 g/mol. The summed E-state index contributed by atoms with van der Waals surface area (Å²) in [6, 6.07) is 0. The van der Waals surface area contributed by atoms with Gasteiger partial charge in [-0.25, -0.2) is 4.79 Å². The zero-order chi connectivity index (χ0) is 11.5. The van der Waals surface area contributed by atoms with E-state index in [1.807, 2.05) is 6.92 Å². The molecule has 0 atom stereocenters. The molecule has 0 N–H and O–H groups in total. The molecule has 0 aliphatic rings. The molecule has 0 saturated heterocycles. The van der Waals surface area contributed by atoms with Crippen LogP contribution in [-0.2, 0) is 14.3 Å². The molecule has 0 amide bonds. The first-order valence-electron chi connectivity index (χ1n) is 5.15. The van der Waals surface area contributed by atoms with Crippen molar-refractivity contribution in [3.8, 4) is 0 Å². The Morgan fingerprint density at radius 2 is 1.93 bits per heavy atom. The third-order valence-corrected chi connectivity index (χ3v) is 2.31. The number of rotatable bonds is 7. The molecule has 4 nitrogen and oxygen atoms in total. The maximum absolute atomic E-state index is 11.1. The lowest BCUT2D eigenvalue weighted by Gasteiger charge is -2.03. The van der Waals surface area contributed by atoms with Gasteiger partial charge in [0.25, 0.3) is 0 Å². The smallest absolute Gasteiger partial charge is 0.367 e. The molecule has 0 heterocycles. The molecule has 0 fully saturated rings. The van der Waals surface area contributed by atoms with Crippen LogP contribution in [0.5, 0.6) is 0 Å². The maximum atomic E-state index is 11.1. The lowest BCUT2D eigenvalue weighted by atomic mass is 10.4. The van der Waals surface area contributed by atoms with Gasteiger partial charge in [0.1, 0.15) is 0 Å². The molecule has 0 rings (SSSR count). The van der Waals surface area contributed by atoms with Crippen molar-refractivity contribution >= 4 is 23.0 Å². The minimum absolute atomic E-state index is 0.250. The van der Waals surface area contributed by atoms with Crippen molar-refractivity contribution in [2.24, 2.45) is 0 Å². The number of thioether (sulfide) groups is 1. The van der Waals surface area contributed by atoms with Crippen molar-refractivity contribution in [3.05, 3.63) is 0 Å². The number of hydrogen-bond donors (Lipinski definition) is 0. The highest BCUT2D eigenvalue weighted by Gasteiger charge is 2.06. The standard InChI is InChI=1S/C10H18O4S/c1-3-5-7-14-9(11)6-8-15-10(12)13-4-2/h3-8H2,1-2H3. The molecule has 0 aromatic rings. The molecule has 0 aliphatic carbocycles. The molecule has 0 saturated carbocycles. The lowest BCUT2D eigenvalue weighted by Crippen LogP contribution is -2.07. The fourth-order valence-corrected chi connectivity index (χ4v) is 1.42. The van der Waals surface area contributed by atoms with Crippen molar-refractivity contribution in [2.75, 3.05) is 19.0 Å². The highest BCUT2D eigenvalue weighted by Crippen LogP contribution is 2.07. The van der Waals surface area contributed by atoms with E-state index >= 15 is 0 Å². The molecule has 0 aromatic carbocycles. The Balaban J connectivity index is 3.34. The molecule has 88 valence electrons. The van der Waals surface area contributed by atoms with E-state index in [2.05, 4.69) is 0 Å². The van der Waals surface area contributed by atoms with Gasteiger partial charge in [-0.3, -0.25) is 4.79 Å². The van der Waals surface area contributed by atoms with Crippen LogP contribution < -0.4 is 0 Å². The van der Waals surface area contributed by atoms with Crippen LogP contribution in [0.2, 0.25) is 0 Å². The maximum Gasteiger partial charge on any atom is 0.367 e. The van der Waals surface area contributed by atoms with Crippen molar-refractivity contribution in [2.45, 2.75) is 33.1 Å². The number of unbranched alkanes of at least 4 members (excludes halogenated alkanes) is 1. The Kier molecular flexibility index (Phi) is 9.36. The van der Waals surface area contributed by atoms with Crippen LogP contribution in [0.4, 0.5) is 4.79 Å². The predicted molar refractivity (Wildman–Crippen MR) is 60.0 cm³/mol. The normalized spacial score (nSPS) is 9.73. The summed E-state index contributed by atoms with van der Waals surface area (Å²) in [7, 11) is 0. The van der Waals surface area contributed by atoms with E-state index in [-0.39, 0.29) is 17.7 Å². The topological polar surface area (TPSA) is 52.6 Å². The van der Waals surface area contributed by atoms with E-state index in [9.17, 15) is 9.59 Å². The van der Waals surface area contributed by atoms with Crippen molar-refractivity contribution in [1.82, 2.24) is 0 Å². The Morgan fingerprint density at radius 3 is 2.53 bits per heavy atom. The van der Waals surface area contributed by atoms with Gasteiger partial charge in [0.15, 0.2) is 0 Å². The molecule has 0 aliphatic heterocycles. The summed E-state index contributed by atoms with van der Waals surface area (Å²) in [5.41, 5.74) is 0. The van der Waals surface area contributed by atoms with Gasteiger partial charge in [0, 0.05) is 5.75 Å². The van der Waals surface area contributed by atoms with Crippen LogP contribution in [-0.4, -0.2) is 30.2 Å². The second-order valence-electron chi connectivity index (χ2n) is 2.86. The highest BCUT2D eigenvalue weighted by atomic mass is 32.2. The van der Waals surface area contributed by atoms with E-state index in [0.29, 0.717) is 19.0 Å². The first-order chi connectivity index (χ1) is 7.20. The fourth-order valence-electron chi connectivity index (χ4n) is 0.780. The summed E-state index contributed by atoms with van der Waals surface area (Å²) in [5.74, 6) is 0.171. The van der Waals surface area contributed by atoms with Gasteiger partial charge in [-0.2, -0.15) is 0 Å². The summed E-state index contributed by atoms with van der Waals surface area (Å²) < 4.78 is 9.61. The second kappa shape index (κ2) is 9.83. The summed E-state index contributed by atoms with van der Waals surface area (Å²) >= 11 is 1.01. The minimum atomic E-state index is -0.334. The van der Waals surface area contributed by atoms with E-state index in [1.165, 1.54) is 0 Å². The van der Waals surface area contributed by atoms with E-state index in [4.69, 9.17) is 9.47 Å². The van der Waals surface area contributed by atoms with Gasteiger partial charge < -0.3 is 9.47 Å².